The van der Waals surface area contributed by atoms with Crippen molar-refractivity contribution in [3.8, 4) is 6.07 Å². The van der Waals surface area contributed by atoms with Crippen molar-refractivity contribution in [1.29, 1.82) is 5.26 Å². The maximum atomic E-state index is 11.7. The Bertz CT molecular complexity index is 318. The molecule has 0 aromatic rings. The number of carbonyl (C=O) groups excluding carboxylic acids is 1. The Kier molecular flexibility index (Phi) is 6.04. The van der Waals surface area contributed by atoms with Gasteiger partial charge in [0.1, 0.15) is 12.8 Å². The first kappa shape index (κ1) is 14.9. The van der Waals surface area contributed by atoms with Gasteiger partial charge in [-0.25, -0.2) is 4.79 Å². The van der Waals surface area contributed by atoms with Gasteiger partial charge in [-0.2, -0.15) is 5.26 Å². The number of nitrogens with zero attached hydrogens (tertiary/aromatic N) is 3. The molecule has 7 nitrogen and oxygen atoms in total. The maximum Gasteiger partial charge on any atom is 0.344 e. The van der Waals surface area contributed by atoms with Crippen LogP contribution in [-0.2, 0) is 4.57 Å². The fourth-order valence-corrected chi connectivity index (χ4v) is 1.85. The molecule has 2 amide bonds. The summed E-state index contributed by atoms with van der Waals surface area (Å²) in [5, 5.41) is 8.49. The molecule has 0 aliphatic rings. The lowest BCUT2D eigenvalue weighted by Gasteiger charge is -2.27. The minimum absolute atomic E-state index is 0.333. The Labute approximate surface area is 94.4 Å². The average Bonchev–Trinajstić information content (AvgIpc) is 2.17. The van der Waals surface area contributed by atoms with E-state index in [9.17, 15) is 9.36 Å². The summed E-state index contributed by atoms with van der Waals surface area (Å²) in [5.41, 5.74) is 0. The number of rotatable bonds is 5. The van der Waals surface area contributed by atoms with Gasteiger partial charge in [0, 0.05) is 13.1 Å². The molecule has 8 heteroatoms. The molecule has 0 saturated carbocycles. The third kappa shape index (κ3) is 5.12. The van der Waals surface area contributed by atoms with E-state index in [1.807, 2.05) is 0 Å². The van der Waals surface area contributed by atoms with Gasteiger partial charge in [-0.1, -0.05) is 0 Å². The Morgan fingerprint density at radius 3 is 2.12 bits per heavy atom. The summed E-state index contributed by atoms with van der Waals surface area (Å²) in [6.07, 6.45) is -0.726. The Morgan fingerprint density at radius 1 is 1.31 bits per heavy atom. The van der Waals surface area contributed by atoms with Crippen molar-refractivity contribution in [3.63, 3.8) is 0 Å². The molecule has 0 aliphatic heterocycles. The van der Waals surface area contributed by atoms with Crippen LogP contribution in [0, 0.1) is 11.3 Å². The fraction of sp³-hybridized carbons (Fsp3) is 0.750. The zero-order valence-corrected chi connectivity index (χ0v) is 10.2. The molecule has 92 valence electrons. The van der Waals surface area contributed by atoms with Gasteiger partial charge in [0.15, 0.2) is 0 Å². The summed E-state index contributed by atoms with van der Waals surface area (Å²) in [7, 11) is -4.34. The van der Waals surface area contributed by atoms with Crippen molar-refractivity contribution in [2.75, 3.05) is 25.9 Å². The van der Waals surface area contributed by atoms with Gasteiger partial charge in [0.05, 0.1) is 6.07 Å². The van der Waals surface area contributed by atoms with E-state index in [0.29, 0.717) is 13.1 Å². The minimum Gasteiger partial charge on any atom is -0.325 e. The molecule has 16 heavy (non-hydrogen) atoms. The molecule has 0 heterocycles. The number of hydrogen-bond donors (Lipinski definition) is 2. The summed E-state index contributed by atoms with van der Waals surface area (Å²) in [4.78, 5) is 31.5. The highest BCUT2D eigenvalue weighted by molar-refractivity contribution is 7.51. The van der Waals surface area contributed by atoms with Gasteiger partial charge in [-0.05, 0) is 13.8 Å². The predicted molar refractivity (Wildman–Crippen MR) is 57.5 cm³/mol. The van der Waals surface area contributed by atoms with E-state index in [-0.39, 0.29) is 6.54 Å². The Morgan fingerprint density at radius 2 is 1.81 bits per heavy atom. The van der Waals surface area contributed by atoms with E-state index in [1.54, 1.807) is 19.9 Å². The van der Waals surface area contributed by atoms with Gasteiger partial charge in [0.2, 0.25) is 0 Å². The van der Waals surface area contributed by atoms with Crippen molar-refractivity contribution >= 4 is 13.6 Å². The van der Waals surface area contributed by atoms with Crippen LogP contribution in [0.25, 0.3) is 0 Å². The Hall–Kier alpha value is -1.09. The van der Waals surface area contributed by atoms with E-state index >= 15 is 0 Å². The molecule has 0 aromatic heterocycles. The third-order valence-corrected chi connectivity index (χ3v) is 2.63. The van der Waals surface area contributed by atoms with Crippen molar-refractivity contribution in [1.82, 2.24) is 9.80 Å². The van der Waals surface area contributed by atoms with Crippen LogP contribution >= 0.6 is 7.60 Å². The first-order valence-corrected chi connectivity index (χ1v) is 6.60. The molecule has 0 aliphatic carbocycles. The molecular weight excluding hydrogens is 233 g/mol. The van der Waals surface area contributed by atoms with Gasteiger partial charge in [0.25, 0.3) is 0 Å². The lowest BCUT2D eigenvalue weighted by molar-refractivity contribution is 0.166. The molecule has 0 unspecified atom stereocenters. The molecule has 0 fully saturated rings. The van der Waals surface area contributed by atoms with Crippen LogP contribution in [0.4, 0.5) is 4.79 Å². The second-order valence-corrected chi connectivity index (χ2v) is 4.73. The summed E-state index contributed by atoms with van der Waals surface area (Å²) >= 11 is 0. The summed E-state index contributed by atoms with van der Waals surface area (Å²) in [6.45, 7) is 4.03. The van der Waals surface area contributed by atoms with Crippen LogP contribution in [0.1, 0.15) is 13.8 Å². The van der Waals surface area contributed by atoms with Gasteiger partial charge >= 0.3 is 13.6 Å². The number of carbonyl (C=O) groups is 1. The standard InChI is InChI=1S/C8H16N3O4P/c1-3-10(4-2)8(12)11(6-5-9)7-16(13,14)15/h3-4,6-7H2,1-2H3,(H2,13,14,15). The van der Waals surface area contributed by atoms with Crippen LogP contribution in [-0.4, -0.2) is 51.5 Å². The normalized spacial score (nSPS) is 10.7. The molecule has 0 bridgehead atoms. The van der Waals surface area contributed by atoms with Crippen molar-refractivity contribution < 1.29 is 19.1 Å². The quantitative estimate of drug-likeness (QED) is 0.542. The van der Waals surface area contributed by atoms with Crippen molar-refractivity contribution in [2.45, 2.75) is 13.8 Å². The minimum atomic E-state index is -4.34. The highest BCUT2D eigenvalue weighted by atomic mass is 31.2. The monoisotopic (exact) mass is 249 g/mol. The molecule has 0 aromatic carbocycles. The lowest BCUT2D eigenvalue weighted by atomic mass is 10.5. The molecule has 0 saturated heterocycles. The molecule has 0 spiro atoms. The SMILES string of the molecule is CCN(CC)C(=O)N(CC#N)CP(=O)(O)O. The van der Waals surface area contributed by atoms with Crippen LogP contribution in [0.5, 0.6) is 0 Å². The van der Waals surface area contributed by atoms with Crippen LogP contribution < -0.4 is 0 Å². The van der Waals surface area contributed by atoms with E-state index in [2.05, 4.69) is 0 Å². The van der Waals surface area contributed by atoms with Crippen LogP contribution in [0.3, 0.4) is 0 Å². The second-order valence-electron chi connectivity index (χ2n) is 3.12. The third-order valence-electron chi connectivity index (χ3n) is 1.92. The fourth-order valence-electron chi connectivity index (χ4n) is 1.18. The number of hydrogen-bond acceptors (Lipinski definition) is 3. The molecule has 0 atom stereocenters. The van der Waals surface area contributed by atoms with E-state index in [4.69, 9.17) is 15.0 Å². The van der Waals surface area contributed by atoms with Gasteiger partial charge in [-0.15, -0.1) is 0 Å². The topological polar surface area (TPSA) is 105 Å². The number of urea groups is 1. The summed E-state index contributed by atoms with van der Waals surface area (Å²) < 4.78 is 10.8. The average molecular weight is 249 g/mol. The zero-order valence-electron chi connectivity index (χ0n) is 9.33. The molecule has 0 radical (unpaired) electrons. The predicted octanol–water partition coefficient (Wildman–Crippen LogP) is 0.409. The van der Waals surface area contributed by atoms with E-state index in [1.165, 1.54) is 4.90 Å². The highest BCUT2D eigenvalue weighted by Crippen LogP contribution is 2.35. The number of amides is 2. The number of nitriles is 1. The van der Waals surface area contributed by atoms with E-state index < -0.39 is 19.9 Å². The molecule has 2 N–H and O–H groups in total. The van der Waals surface area contributed by atoms with Crippen LogP contribution in [0.2, 0.25) is 0 Å². The smallest absolute Gasteiger partial charge is 0.325 e. The van der Waals surface area contributed by atoms with Crippen molar-refractivity contribution in [2.24, 2.45) is 0 Å². The zero-order chi connectivity index (χ0) is 12.8. The lowest BCUT2D eigenvalue weighted by Crippen LogP contribution is -2.43. The molecular formula is C8H16N3O4P. The summed E-state index contributed by atoms with van der Waals surface area (Å²) in [6, 6.07) is 1.18. The first-order chi connectivity index (χ1) is 7.35. The second kappa shape index (κ2) is 6.48. The van der Waals surface area contributed by atoms with Gasteiger partial charge < -0.3 is 14.7 Å². The van der Waals surface area contributed by atoms with Crippen molar-refractivity contribution in [3.05, 3.63) is 0 Å². The largest absolute Gasteiger partial charge is 0.344 e. The van der Waals surface area contributed by atoms with E-state index in [0.717, 1.165) is 4.90 Å². The van der Waals surface area contributed by atoms with Crippen LogP contribution in [0.15, 0.2) is 0 Å². The van der Waals surface area contributed by atoms with Gasteiger partial charge in [-0.3, -0.25) is 9.46 Å². The first-order valence-electron chi connectivity index (χ1n) is 4.81. The Balaban J connectivity index is 4.72. The molecule has 0 rings (SSSR count). The highest BCUT2D eigenvalue weighted by Gasteiger charge is 2.25. The summed E-state index contributed by atoms with van der Waals surface area (Å²) in [5.74, 6) is 0. The maximum absolute atomic E-state index is 11.7.